The molecule has 0 unspecified atom stereocenters. The number of hydrogen-bond donors (Lipinski definition) is 2. The van der Waals surface area contributed by atoms with Gasteiger partial charge < -0.3 is 25.0 Å². The van der Waals surface area contributed by atoms with Gasteiger partial charge in [0.15, 0.2) is 0 Å². The van der Waals surface area contributed by atoms with Crippen molar-refractivity contribution >= 4 is 29.1 Å². The van der Waals surface area contributed by atoms with Crippen LogP contribution in [0.25, 0.3) is 0 Å². The fourth-order valence-corrected chi connectivity index (χ4v) is 3.45. The van der Waals surface area contributed by atoms with Gasteiger partial charge >= 0.3 is 12.1 Å². The molecule has 1 aromatic heterocycles. The van der Waals surface area contributed by atoms with E-state index in [1.54, 1.807) is 29.5 Å². The standard InChI is InChI=1S/C19H24N4O4S/c1-2-26-19(25)23-8-6-14(7-9-23)21-18(24)22-15-4-3-5-17(10-15)27-11-16-12-28-13-20-16/h3-5,10,12-14H,2,6-9,11H2,1H3,(H2,21,22,24). The molecule has 3 rings (SSSR count). The van der Waals surface area contributed by atoms with E-state index >= 15 is 0 Å². The highest BCUT2D eigenvalue weighted by molar-refractivity contribution is 7.07. The number of urea groups is 1. The molecule has 8 nitrogen and oxygen atoms in total. The molecule has 1 saturated heterocycles. The number of benzene rings is 1. The van der Waals surface area contributed by atoms with Gasteiger partial charge in [-0.1, -0.05) is 6.07 Å². The fraction of sp³-hybridized carbons (Fsp3) is 0.421. The number of thiazole rings is 1. The SMILES string of the molecule is CCOC(=O)N1CCC(NC(=O)Nc2cccc(OCc3cscn3)c2)CC1. The van der Waals surface area contributed by atoms with Crippen LogP contribution in [0, 0.1) is 0 Å². The molecule has 2 aromatic rings. The second-order valence-electron chi connectivity index (χ2n) is 6.35. The van der Waals surface area contributed by atoms with E-state index in [2.05, 4.69) is 15.6 Å². The smallest absolute Gasteiger partial charge is 0.409 e. The van der Waals surface area contributed by atoms with E-state index in [1.165, 1.54) is 11.3 Å². The number of carbonyl (C=O) groups is 2. The van der Waals surface area contributed by atoms with E-state index < -0.39 is 0 Å². The van der Waals surface area contributed by atoms with Crippen LogP contribution < -0.4 is 15.4 Å². The molecule has 1 aliphatic heterocycles. The molecule has 2 heterocycles. The average molecular weight is 404 g/mol. The summed E-state index contributed by atoms with van der Waals surface area (Å²) in [5, 5.41) is 7.72. The van der Waals surface area contributed by atoms with Gasteiger partial charge in [0.2, 0.25) is 0 Å². The van der Waals surface area contributed by atoms with Gasteiger partial charge in [0.05, 0.1) is 17.8 Å². The van der Waals surface area contributed by atoms with E-state index in [9.17, 15) is 9.59 Å². The minimum atomic E-state index is -0.292. The van der Waals surface area contributed by atoms with Crippen molar-refractivity contribution in [3.05, 3.63) is 40.8 Å². The highest BCUT2D eigenvalue weighted by Gasteiger charge is 2.24. The summed E-state index contributed by atoms with van der Waals surface area (Å²) in [6, 6.07) is 6.99. The van der Waals surface area contributed by atoms with Gasteiger partial charge in [-0.25, -0.2) is 14.6 Å². The monoisotopic (exact) mass is 404 g/mol. The minimum absolute atomic E-state index is 0.0229. The predicted octanol–water partition coefficient (Wildman–Crippen LogP) is 3.46. The van der Waals surface area contributed by atoms with E-state index in [4.69, 9.17) is 9.47 Å². The first-order valence-electron chi connectivity index (χ1n) is 9.23. The molecule has 0 aliphatic carbocycles. The Morgan fingerprint density at radius 3 is 2.86 bits per heavy atom. The molecule has 0 bridgehead atoms. The van der Waals surface area contributed by atoms with Crippen molar-refractivity contribution in [2.45, 2.75) is 32.4 Å². The average Bonchev–Trinajstić information content (AvgIpc) is 3.21. The van der Waals surface area contributed by atoms with E-state index in [0.29, 0.717) is 50.6 Å². The number of carbonyl (C=O) groups excluding carboxylic acids is 2. The van der Waals surface area contributed by atoms with E-state index in [0.717, 1.165) is 5.69 Å². The lowest BCUT2D eigenvalue weighted by Crippen LogP contribution is -2.47. The summed E-state index contributed by atoms with van der Waals surface area (Å²) in [7, 11) is 0. The van der Waals surface area contributed by atoms with Crippen LogP contribution in [0.3, 0.4) is 0 Å². The summed E-state index contributed by atoms with van der Waals surface area (Å²) in [5.41, 5.74) is 3.28. The second-order valence-corrected chi connectivity index (χ2v) is 7.07. The van der Waals surface area contributed by atoms with Crippen molar-refractivity contribution in [3.63, 3.8) is 0 Å². The second kappa shape index (κ2) is 9.93. The number of hydrogen-bond acceptors (Lipinski definition) is 6. The summed E-state index contributed by atoms with van der Waals surface area (Å²) in [4.78, 5) is 29.8. The van der Waals surface area contributed by atoms with E-state index in [-0.39, 0.29) is 18.2 Å². The molecule has 3 amide bonds. The van der Waals surface area contributed by atoms with Crippen LogP contribution >= 0.6 is 11.3 Å². The molecule has 1 aliphatic rings. The highest BCUT2D eigenvalue weighted by Crippen LogP contribution is 2.19. The van der Waals surface area contributed by atoms with Crippen molar-refractivity contribution in [3.8, 4) is 5.75 Å². The summed E-state index contributed by atoms with van der Waals surface area (Å²) in [5.74, 6) is 0.661. The minimum Gasteiger partial charge on any atom is -0.487 e. The highest BCUT2D eigenvalue weighted by atomic mass is 32.1. The van der Waals surface area contributed by atoms with Crippen LogP contribution in [0.1, 0.15) is 25.5 Å². The first-order valence-corrected chi connectivity index (χ1v) is 10.2. The van der Waals surface area contributed by atoms with Gasteiger partial charge in [-0.2, -0.15) is 0 Å². The van der Waals surface area contributed by atoms with Gasteiger partial charge in [0, 0.05) is 36.3 Å². The number of aromatic nitrogens is 1. The lowest BCUT2D eigenvalue weighted by Gasteiger charge is -2.31. The molecule has 0 atom stereocenters. The van der Waals surface area contributed by atoms with Crippen molar-refractivity contribution < 1.29 is 19.1 Å². The van der Waals surface area contributed by atoms with Gasteiger partial charge in [-0.05, 0) is 31.9 Å². The zero-order valence-electron chi connectivity index (χ0n) is 15.7. The van der Waals surface area contributed by atoms with Crippen LogP contribution in [0.5, 0.6) is 5.75 Å². The Morgan fingerprint density at radius 1 is 1.32 bits per heavy atom. The molecular formula is C19H24N4O4S. The molecule has 28 heavy (non-hydrogen) atoms. The van der Waals surface area contributed by atoms with Crippen molar-refractivity contribution in [2.24, 2.45) is 0 Å². The Bertz CT molecular complexity index is 776. The summed E-state index contributed by atoms with van der Waals surface area (Å²) < 4.78 is 10.7. The normalized spacial score (nSPS) is 14.4. The lowest BCUT2D eigenvalue weighted by atomic mass is 10.1. The molecule has 150 valence electrons. The number of nitrogens with zero attached hydrogens (tertiary/aromatic N) is 2. The molecule has 0 spiro atoms. The maximum atomic E-state index is 12.3. The van der Waals surface area contributed by atoms with Crippen molar-refractivity contribution in [2.75, 3.05) is 25.0 Å². The number of amides is 3. The van der Waals surface area contributed by atoms with Crippen molar-refractivity contribution in [1.82, 2.24) is 15.2 Å². The molecule has 9 heteroatoms. The number of nitrogens with one attached hydrogen (secondary N) is 2. The van der Waals surface area contributed by atoms with Crippen LogP contribution in [0.4, 0.5) is 15.3 Å². The molecule has 2 N–H and O–H groups in total. The van der Waals surface area contributed by atoms with Gasteiger partial charge in [0.1, 0.15) is 12.4 Å². The summed E-state index contributed by atoms with van der Waals surface area (Å²) in [6.07, 6.45) is 1.10. The van der Waals surface area contributed by atoms with Gasteiger partial charge in [0.25, 0.3) is 0 Å². The third-order valence-corrected chi connectivity index (χ3v) is 4.95. The van der Waals surface area contributed by atoms with E-state index in [1.807, 2.05) is 17.5 Å². The first-order chi connectivity index (χ1) is 13.6. The Balaban J connectivity index is 1.43. The Hall–Kier alpha value is -2.81. The number of rotatable bonds is 6. The number of ether oxygens (including phenoxy) is 2. The van der Waals surface area contributed by atoms with Crippen LogP contribution in [-0.2, 0) is 11.3 Å². The van der Waals surface area contributed by atoms with Crippen LogP contribution in [0.2, 0.25) is 0 Å². The Morgan fingerprint density at radius 2 is 2.14 bits per heavy atom. The zero-order valence-corrected chi connectivity index (χ0v) is 16.5. The quantitative estimate of drug-likeness (QED) is 0.769. The number of piperidine rings is 1. The predicted molar refractivity (Wildman–Crippen MR) is 107 cm³/mol. The van der Waals surface area contributed by atoms with Gasteiger partial charge in [-0.15, -0.1) is 11.3 Å². The number of anilines is 1. The molecule has 0 radical (unpaired) electrons. The Labute approximate surface area is 167 Å². The lowest BCUT2D eigenvalue weighted by molar-refractivity contribution is 0.0959. The number of likely N-dealkylation sites (tertiary alicyclic amines) is 1. The Kier molecular flexibility index (Phi) is 7.07. The molecule has 1 aromatic carbocycles. The maximum absolute atomic E-state index is 12.3. The molecule has 0 saturated carbocycles. The largest absolute Gasteiger partial charge is 0.487 e. The summed E-state index contributed by atoms with van der Waals surface area (Å²) in [6.45, 7) is 3.69. The molecular weight excluding hydrogens is 380 g/mol. The zero-order chi connectivity index (χ0) is 19.8. The van der Waals surface area contributed by atoms with Crippen LogP contribution in [-0.4, -0.2) is 47.7 Å². The molecule has 1 fully saturated rings. The first kappa shape index (κ1) is 19.9. The fourth-order valence-electron chi connectivity index (χ4n) is 2.90. The third-order valence-electron chi connectivity index (χ3n) is 4.32. The third kappa shape index (κ3) is 5.85. The maximum Gasteiger partial charge on any atom is 0.409 e. The van der Waals surface area contributed by atoms with Gasteiger partial charge in [-0.3, -0.25) is 0 Å². The van der Waals surface area contributed by atoms with Crippen molar-refractivity contribution in [1.29, 1.82) is 0 Å². The topological polar surface area (TPSA) is 92.8 Å². The summed E-state index contributed by atoms with van der Waals surface area (Å²) >= 11 is 1.52. The van der Waals surface area contributed by atoms with Crippen LogP contribution in [0.15, 0.2) is 35.2 Å².